The molecule has 0 bridgehead atoms. The van der Waals surface area contributed by atoms with Crippen LogP contribution in [0.5, 0.6) is 5.75 Å². The minimum Gasteiger partial charge on any atom is -0.494 e. The Bertz CT molecular complexity index is 972. The van der Waals surface area contributed by atoms with E-state index in [1.54, 1.807) is 0 Å². The van der Waals surface area contributed by atoms with Crippen LogP contribution in [0.1, 0.15) is 24.8 Å². The third-order valence-electron chi connectivity index (χ3n) is 4.75. The number of benzene rings is 2. The fourth-order valence-electron chi connectivity index (χ4n) is 3.24. The normalized spacial score (nSPS) is 14.7. The van der Waals surface area contributed by atoms with Gasteiger partial charge in [-0.25, -0.2) is 8.42 Å². The summed E-state index contributed by atoms with van der Waals surface area (Å²) in [5.41, 5.74) is 1.25. The van der Waals surface area contributed by atoms with E-state index >= 15 is 0 Å². The fourth-order valence-corrected chi connectivity index (χ4v) is 4.95. The number of nitro benzene ring substituents is 1. The van der Waals surface area contributed by atoms with E-state index in [9.17, 15) is 18.5 Å². The van der Waals surface area contributed by atoms with Crippen LogP contribution in [0.15, 0.2) is 47.4 Å². The molecular formula is C20H25N3O5S. The molecule has 0 saturated carbocycles. The summed E-state index contributed by atoms with van der Waals surface area (Å²) < 4.78 is 33.0. The number of anilines is 1. The van der Waals surface area contributed by atoms with E-state index in [1.165, 1.54) is 16.4 Å². The van der Waals surface area contributed by atoms with Crippen LogP contribution < -0.4 is 10.1 Å². The van der Waals surface area contributed by atoms with Crippen molar-refractivity contribution in [1.29, 1.82) is 0 Å². The second kappa shape index (κ2) is 9.23. The summed E-state index contributed by atoms with van der Waals surface area (Å²) in [7, 11) is -3.78. The van der Waals surface area contributed by atoms with E-state index in [0.29, 0.717) is 38.3 Å². The Balaban J connectivity index is 1.67. The Labute approximate surface area is 170 Å². The van der Waals surface area contributed by atoms with E-state index in [0.717, 1.165) is 30.2 Å². The van der Waals surface area contributed by atoms with Crippen LogP contribution in [-0.4, -0.2) is 43.9 Å². The Morgan fingerprint density at radius 2 is 1.93 bits per heavy atom. The van der Waals surface area contributed by atoms with Crippen LogP contribution in [-0.2, 0) is 10.0 Å². The van der Waals surface area contributed by atoms with Crippen LogP contribution >= 0.6 is 0 Å². The summed E-state index contributed by atoms with van der Waals surface area (Å²) in [6.07, 6.45) is 2.24. The maximum absolute atomic E-state index is 13.0. The second-order valence-electron chi connectivity index (χ2n) is 6.99. The number of hydrogen-bond acceptors (Lipinski definition) is 6. The van der Waals surface area contributed by atoms with Crippen molar-refractivity contribution in [2.24, 2.45) is 0 Å². The Morgan fingerprint density at radius 1 is 1.17 bits per heavy atom. The number of aryl methyl sites for hydroxylation is 1. The van der Waals surface area contributed by atoms with Crippen LogP contribution in [0.3, 0.4) is 0 Å². The molecule has 1 aliphatic heterocycles. The van der Waals surface area contributed by atoms with Gasteiger partial charge in [-0.3, -0.25) is 10.1 Å². The molecule has 1 fully saturated rings. The second-order valence-corrected chi connectivity index (χ2v) is 8.90. The lowest BCUT2D eigenvalue weighted by Crippen LogP contribution is -2.28. The lowest BCUT2D eigenvalue weighted by Gasteiger charge is -2.18. The zero-order chi connectivity index (χ0) is 20.9. The fraction of sp³-hybridized carbons (Fsp3) is 0.400. The molecule has 1 saturated heterocycles. The molecule has 0 amide bonds. The van der Waals surface area contributed by atoms with Gasteiger partial charge in [0.15, 0.2) is 0 Å². The zero-order valence-electron chi connectivity index (χ0n) is 16.3. The Morgan fingerprint density at radius 3 is 2.62 bits per heavy atom. The number of rotatable bonds is 9. The molecule has 156 valence electrons. The van der Waals surface area contributed by atoms with Gasteiger partial charge in [0.05, 0.1) is 17.2 Å². The van der Waals surface area contributed by atoms with Crippen molar-refractivity contribution < 1.29 is 18.1 Å². The number of nitrogens with one attached hydrogen (secondary N) is 1. The Kier molecular flexibility index (Phi) is 6.71. The summed E-state index contributed by atoms with van der Waals surface area (Å²) in [5.74, 6) is 0.789. The molecule has 0 spiro atoms. The van der Waals surface area contributed by atoms with Crippen LogP contribution in [0.4, 0.5) is 11.4 Å². The van der Waals surface area contributed by atoms with Gasteiger partial charge in [0, 0.05) is 31.8 Å². The first-order valence-electron chi connectivity index (χ1n) is 9.60. The highest BCUT2D eigenvalue weighted by Gasteiger charge is 2.30. The SMILES string of the molecule is Cc1cccc(OCCCNc2ccc([N+](=O)[O-])cc2S(=O)(=O)N2CCCC2)c1. The van der Waals surface area contributed by atoms with Gasteiger partial charge in [0.1, 0.15) is 10.6 Å². The molecule has 0 unspecified atom stereocenters. The van der Waals surface area contributed by atoms with Crippen molar-refractivity contribution in [3.8, 4) is 5.75 Å². The predicted octanol–water partition coefficient (Wildman–Crippen LogP) is 3.57. The van der Waals surface area contributed by atoms with Crippen molar-refractivity contribution in [1.82, 2.24) is 4.31 Å². The summed E-state index contributed by atoms with van der Waals surface area (Å²) in [5, 5.41) is 14.2. The predicted molar refractivity (Wildman–Crippen MR) is 111 cm³/mol. The maximum atomic E-state index is 13.0. The molecular weight excluding hydrogens is 394 g/mol. The van der Waals surface area contributed by atoms with Gasteiger partial charge in [-0.2, -0.15) is 4.31 Å². The minimum absolute atomic E-state index is 0.0480. The van der Waals surface area contributed by atoms with Gasteiger partial charge < -0.3 is 10.1 Å². The molecule has 1 N–H and O–H groups in total. The van der Waals surface area contributed by atoms with Gasteiger partial charge in [-0.15, -0.1) is 0 Å². The standard InChI is InChI=1S/C20H25N3O5S/c1-16-6-4-7-18(14-16)28-13-5-10-21-19-9-8-17(23(24)25)15-20(19)29(26,27)22-11-2-3-12-22/h4,6-9,14-15,21H,2-3,5,10-13H2,1H3. The monoisotopic (exact) mass is 419 g/mol. The summed E-state index contributed by atoms with van der Waals surface area (Å²) >= 11 is 0. The summed E-state index contributed by atoms with van der Waals surface area (Å²) in [6, 6.07) is 11.7. The minimum atomic E-state index is -3.78. The van der Waals surface area contributed by atoms with Gasteiger partial charge in [-0.05, 0) is 49.9 Å². The third kappa shape index (κ3) is 5.24. The lowest BCUT2D eigenvalue weighted by atomic mass is 10.2. The quantitative estimate of drug-likeness (QED) is 0.379. The molecule has 0 atom stereocenters. The van der Waals surface area contributed by atoms with Crippen molar-refractivity contribution >= 4 is 21.4 Å². The van der Waals surface area contributed by atoms with Crippen molar-refractivity contribution in [2.75, 3.05) is 31.6 Å². The number of non-ortho nitro benzene ring substituents is 1. The Hall–Kier alpha value is -2.65. The van der Waals surface area contributed by atoms with Gasteiger partial charge >= 0.3 is 0 Å². The number of nitro groups is 1. The van der Waals surface area contributed by atoms with E-state index < -0.39 is 14.9 Å². The molecule has 8 nitrogen and oxygen atoms in total. The van der Waals surface area contributed by atoms with E-state index in [4.69, 9.17) is 4.74 Å². The summed E-state index contributed by atoms with van der Waals surface area (Å²) in [6.45, 7) is 3.82. The van der Waals surface area contributed by atoms with E-state index in [-0.39, 0.29) is 10.6 Å². The lowest BCUT2D eigenvalue weighted by molar-refractivity contribution is -0.385. The maximum Gasteiger partial charge on any atom is 0.270 e. The molecule has 29 heavy (non-hydrogen) atoms. The number of hydrogen-bond donors (Lipinski definition) is 1. The van der Waals surface area contributed by atoms with Crippen LogP contribution in [0, 0.1) is 17.0 Å². The largest absolute Gasteiger partial charge is 0.494 e. The average Bonchev–Trinajstić information content (AvgIpc) is 3.23. The molecule has 9 heteroatoms. The smallest absolute Gasteiger partial charge is 0.270 e. The first-order chi connectivity index (χ1) is 13.9. The van der Waals surface area contributed by atoms with Crippen LogP contribution in [0.25, 0.3) is 0 Å². The molecule has 2 aromatic carbocycles. The molecule has 1 heterocycles. The number of nitrogens with zero attached hydrogens (tertiary/aromatic N) is 2. The summed E-state index contributed by atoms with van der Waals surface area (Å²) in [4.78, 5) is 10.5. The average molecular weight is 420 g/mol. The van der Waals surface area contributed by atoms with Gasteiger partial charge in [0.2, 0.25) is 10.0 Å². The van der Waals surface area contributed by atoms with Crippen molar-refractivity contribution in [3.63, 3.8) is 0 Å². The first-order valence-corrected chi connectivity index (χ1v) is 11.0. The third-order valence-corrected chi connectivity index (χ3v) is 6.69. The molecule has 2 aromatic rings. The highest BCUT2D eigenvalue weighted by Crippen LogP contribution is 2.30. The van der Waals surface area contributed by atoms with Gasteiger partial charge in [-0.1, -0.05) is 12.1 Å². The van der Waals surface area contributed by atoms with Crippen molar-refractivity contribution in [3.05, 3.63) is 58.1 Å². The van der Waals surface area contributed by atoms with Crippen LogP contribution in [0.2, 0.25) is 0 Å². The van der Waals surface area contributed by atoms with Crippen molar-refractivity contribution in [2.45, 2.75) is 31.1 Å². The highest BCUT2D eigenvalue weighted by molar-refractivity contribution is 7.89. The molecule has 0 aliphatic carbocycles. The zero-order valence-corrected chi connectivity index (χ0v) is 17.2. The molecule has 0 radical (unpaired) electrons. The molecule has 0 aromatic heterocycles. The van der Waals surface area contributed by atoms with Gasteiger partial charge in [0.25, 0.3) is 5.69 Å². The van der Waals surface area contributed by atoms with E-state index in [2.05, 4.69) is 5.32 Å². The number of ether oxygens (including phenoxy) is 1. The molecule has 1 aliphatic rings. The van der Waals surface area contributed by atoms with E-state index in [1.807, 2.05) is 31.2 Å². The topological polar surface area (TPSA) is 102 Å². The molecule has 3 rings (SSSR count). The first kappa shape index (κ1) is 21.1. The highest BCUT2D eigenvalue weighted by atomic mass is 32.2. The number of sulfonamides is 1.